The Kier molecular flexibility index (Phi) is 2.82. The van der Waals surface area contributed by atoms with Crippen molar-refractivity contribution in [3.8, 4) is 5.75 Å². The number of anilines is 1. The number of methoxy groups -OCH3 is 1. The second-order valence-electron chi connectivity index (χ2n) is 3.59. The SMILES string of the molecule is COc1c(Cl)cccc1NC1CCC1. The third kappa shape index (κ3) is 1.80. The topological polar surface area (TPSA) is 21.3 Å². The van der Waals surface area contributed by atoms with Crippen LogP contribution in [0.25, 0.3) is 0 Å². The van der Waals surface area contributed by atoms with Gasteiger partial charge in [-0.1, -0.05) is 17.7 Å². The normalized spacial score (nSPS) is 16.1. The average molecular weight is 212 g/mol. The van der Waals surface area contributed by atoms with E-state index in [0.29, 0.717) is 11.1 Å². The molecule has 1 saturated carbocycles. The zero-order chi connectivity index (χ0) is 9.97. The smallest absolute Gasteiger partial charge is 0.160 e. The molecule has 1 N–H and O–H groups in total. The van der Waals surface area contributed by atoms with E-state index >= 15 is 0 Å². The van der Waals surface area contributed by atoms with Crippen LogP contribution in [0.15, 0.2) is 18.2 Å². The number of nitrogens with one attached hydrogen (secondary N) is 1. The van der Waals surface area contributed by atoms with Gasteiger partial charge in [-0.3, -0.25) is 0 Å². The molecule has 0 aliphatic heterocycles. The van der Waals surface area contributed by atoms with Gasteiger partial charge in [-0.2, -0.15) is 0 Å². The minimum Gasteiger partial charge on any atom is -0.493 e. The Bertz CT molecular complexity index is 323. The average Bonchev–Trinajstić information content (AvgIpc) is 2.11. The maximum Gasteiger partial charge on any atom is 0.160 e. The van der Waals surface area contributed by atoms with Crippen molar-refractivity contribution in [2.45, 2.75) is 25.3 Å². The van der Waals surface area contributed by atoms with Crippen molar-refractivity contribution in [1.29, 1.82) is 0 Å². The molecule has 0 heterocycles. The van der Waals surface area contributed by atoms with Crippen molar-refractivity contribution in [2.75, 3.05) is 12.4 Å². The van der Waals surface area contributed by atoms with Gasteiger partial charge in [-0.05, 0) is 31.4 Å². The van der Waals surface area contributed by atoms with Crippen LogP contribution in [-0.4, -0.2) is 13.2 Å². The molecule has 1 aliphatic carbocycles. The summed E-state index contributed by atoms with van der Waals surface area (Å²) in [4.78, 5) is 0. The van der Waals surface area contributed by atoms with Crippen molar-refractivity contribution < 1.29 is 4.74 Å². The molecule has 2 nitrogen and oxygen atoms in total. The van der Waals surface area contributed by atoms with E-state index in [1.807, 2.05) is 18.2 Å². The summed E-state index contributed by atoms with van der Waals surface area (Å²) in [5.74, 6) is 0.751. The lowest BCUT2D eigenvalue weighted by atomic mass is 9.93. The van der Waals surface area contributed by atoms with Crippen LogP contribution in [0.1, 0.15) is 19.3 Å². The van der Waals surface area contributed by atoms with Gasteiger partial charge in [0.15, 0.2) is 5.75 Å². The number of hydrogen-bond acceptors (Lipinski definition) is 2. The first-order chi connectivity index (χ1) is 6.81. The van der Waals surface area contributed by atoms with Crippen LogP contribution < -0.4 is 10.1 Å². The van der Waals surface area contributed by atoms with Crippen LogP contribution in [0.2, 0.25) is 5.02 Å². The molecule has 0 aromatic heterocycles. The van der Waals surface area contributed by atoms with Crippen molar-refractivity contribution in [3.05, 3.63) is 23.2 Å². The minimum absolute atomic E-state index is 0.599. The van der Waals surface area contributed by atoms with Gasteiger partial charge in [-0.15, -0.1) is 0 Å². The number of rotatable bonds is 3. The lowest BCUT2D eigenvalue weighted by molar-refractivity contribution is 0.410. The summed E-state index contributed by atoms with van der Waals surface area (Å²) in [6.45, 7) is 0. The van der Waals surface area contributed by atoms with Gasteiger partial charge in [0.25, 0.3) is 0 Å². The Morgan fingerprint density at radius 3 is 2.79 bits per heavy atom. The summed E-state index contributed by atoms with van der Waals surface area (Å²) in [6.07, 6.45) is 3.81. The highest BCUT2D eigenvalue weighted by atomic mass is 35.5. The van der Waals surface area contributed by atoms with Crippen LogP contribution in [0.5, 0.6) is 5.75 Å². The van der Waals surface area contributed by atoms with Gasteiger partial charge in [0.1, 0.15) is 0 Å². The second-order valence-corrected chi connectivity index (χ2v) is 4.00. The van der Waals surface area contributed by atoms with E-state index in [0.717, 1.165) is 11.4 Å². The van der Waals surface area contributed by atoms with E-state index in [9.17, 15) is 0 Å². The Hall–Kier alpha value is -0.890. The third-order valence-corrected chi connectivity index (χ3v) is 2.93. The van der Waals surface area contributed by atoms with Gasteiger partial charge < -0.3 is 10.1 Å². The van der Waals surface area contributed by atoms with Gasteiger partial charge in [-0.25, -0.2) is 0 Å². The van der Waals surface area contributed by atoms with E-state index in [-0.39, 0.29) is 0 Å². The Morgan fingerprint density at radius 1 is 1.43 bits per heavy atom. The van der Waals surface area contributed by atoms with Crippen LogP contribution in [0, 0.1) is 0 Å². The summed E-state index contributed by atoms with van der Waals surface area (Å²) >= 11 is 6.01. The Morgan fingerprint density at radius 2 is 2.21 bits per heavy atom. The van der Waals surface area contributed by atoms with Gasteiger partial charge in [0.2, 0.25) is 0 Å². The Labute approximate surface area is 89.2 Å². The fraction of sp³-hybridized carbons (Fsp3) is 0.455. The molecule has 0 bridgehead atoms. The molecular formula is C11H14ClNO. The van der Waals surface area contributed by atoms with E-state index in [4.69, 9.17) is 16.3 Å². The predicted octanol–water partition coefficient (Wildman–Crippen LogP) is 3.31. The highest BCUT2D eigenvalue weighted by molar-refractivity contribution is 6.32. The predicted molar refractivity (Wildman–Crippen MR) is 59.3 cm³/mol. The molecule has 0 radical (unpaired) electrons. The largest absolute Gasteiger partial charge is 0.493 e. The molecule has 76 valence electrons. The van der Waals surface area contributed by atoms with E-state index < -0.39 is 0 Å². The zero-order valence-electron chi connectivity index (χ0n) is 8.22. The van der Waals surface area contributed by atoms with Crippen LogP contribution in [0.3, 0.4) is 0 Å². The molecule has 0 unspecified atom stereocenters. The maximum absolute atomic E-state index is 6.01. The zero-order valence-corrected chi connectivity index (χ0v) is 8.97. The lowest BCUT2D eigenvalue weighted by Gasteiger charge is -2.28. The molecule has 0 spiro atoms. The molecule has 1 aromatic carbocycles. The highest BCUT2D eigenvalue weighted by Gasteiger charge is 2.18. The number of benzene rings is 1. The number of hydrogen-bond donors (Lipinski definition) is 1. The molecular weight excluding hydrogens is 198 g/mol. The lowest BCUT2D eigenvalue weighted by Crippen LogP contribution is -2.27. The molecule has 0 atom stereocenters. The summed E-state index contributed by atoms with van der Waals surface area (Å²) in [5.41, 5.74) is 1.00. The fourth-order valence-electron chi connectivity index (χ4n) is 1.60. The van der Waals surface area contributed by atoms with Crippen molar-refractivity contribution in [2.24, 2.45) is 0 Å². The molecule has 2 rings (SSSR count). The van der Waals surface area contributed by atoms with Gasteiger partial charge in [0, 0.05) is 6.04 Å². The third-order valence-electron chi connectivity index (χ3n) is 2.64. The first kappa shape index (κ1) is 9.66. The number of halogens is 1. The van der Waals surface area contributed by atoms with Crippen molar-refractivity contribution in [1.82, 2.24) is 0 Å². The minimum atomic E-state index is 0.599. The maximum atomic E-state index is 6.01. The van der Waals surface area contributed by atoms with E-state index in [2.05, 4.69) is 5.32 Å². The molecule has 1 fully saturated rings. The monoisotopic (exact) mass is 211 g/mol. The number of para-hydroxylation sites is 1. The van der Waals surface area contributed by atoms with Crippen LogP contribution in [0.4, 0.5) is 5.69 Å². The first-order valence-corrected chi connectivity index (χ1v) is 5.28. The second kappa shape index (κ2) is 4.09. The summed E-state index contributed by atoms with van der Waals surface area (Å²) in [6, 6.07) is 6.38. The highest BCUT2D eigenvalue weighted by Crippen LogP contribution is 2.34. The fourth-order valence-corrected chi connectivity index (χ4v) is 1.85. The standard InChI is InChI=1S/C11H14ClNO/c1-14-11-9(12)6-3-7-10(11)13-8-4-2-5-8/h3,6-8,13H,2,4-5H2,1H3. The quantitative estimate of drug-likeness (QED) is 0.828. The van der Waals surface area contributed by atoms with Crippen LogP contribution >= 0.6 is 11.6 Å². The van der Waals surface area contributed by atoms with E-state index in [1.54, 1.807) is 7.11 Å². The molecule has 1 aliphatic rings. The molecule has 1 aromatic rings. The summed E-state index contributed by atoms with van der Waals surface area (Å²) in [7, 11) is 1.65. The molecule has 3 heteroatoms. The van der Waals surface area contributed by atoms with Crippen LogP contribution in [-0.2, 0) is 0 Å². The molecule has 14 heavy (non-hydrogen) atoms. The summed E-state index contributed by atoms with van der Waals surface area (Å²) in [5, 5.41) is 4.09. The molecule has 0 saturated heterocycles. The molecule has 0 amide bonds. The summed E-state index contributed by atoms with van der Waals surface area (Å²) < 4.78 is 5.25. The Balaban J connectivity index is 2.17. The van der Waals surface area contributed by atoms with Gasteiger partial charge >= 0.3 is 0 Å². The van der Waals surface area contributed by atoms with Crippen molar-refractivity contribution in [3.63, 3.8) is 0 Å². The number of ether oxygens (including phenoxy) is 1. The van der Waals surface area contributed by atoms with E-state index in [1.165, 1.54) is 19.3 Å². The van der Waals surface area contributed by atoms with Crippen molar-refractivity contribution >= 4 is 17.3 Å². The van der Waals surface area contributed by atoms with Gasteiger partial charge in [0.05, 0.1) is 17.8 Å². The first-order valence-electron chi connectivity index (χ1n) is 4.90.